The molecule has 0 fully saturated rings. The summed E-state index contributed by atoms with van der Waals surface area (Å²) in [6.07, 6.45) is 0.230. The summed E-state index contributed by atoms with van der Waals surface area (Å²) in [6.45, 7) is 0. The van der Waals surface area contributed by atoms with E-state index in [1.165, 1.54) is 0 Å². The molecule has 0 aliphatic carbocycles. The molecule has 2 aromatic carbocycles. The molecule has 2 rings (SSSR count). The molecule has 0 amide bonds. The zero-order valence-corrected chi connectivity index (χ0v) is 12.2. The fourth-order valence-electron chi connectivity index (χ4n) is 1.81. The molecule has 0 N–H and O–H groups in total. The summed E-state index contributed by atoms with van der Waals surface area (Å²) in [5.41, 5.74) is 1.97. The summed E-state index contributed by atoms with van der Waals surface area (Å²) >= 11 is 5.85. The molecule has 0 atom stereocenters. The second-order valence-corrected chi connectivity index (χ2v) is 5.11. The summed E-state index contributed by atoms with van der Waals surface area (Å²) < 4.78 is 5.26. The largest absolute Gasteiger partial charge is 0.426 e. The summed E-state index contributed by atoms with van der Waals surface area (Å²) in [7, 11) is 3.92. The van der Waals surface area contributed by atoms with Crippen molar-refractivity contribution in [1.82, 2.24) is 0 Å². The monoisotopic (exact) mass is 289 g/mol. The number of ether oxygens (including phenoxy) is 1. The molecule has 0 aliphatic heterocycles. The van der Waals surface area contributed by atoms with Crippen LogP contribution in [0.1, 0.15) is 5.56 Å². The van der Waals surface area contributed by atoms with E-state index in [1.807, 2.05) is 43.3 Å². The molecule has 0 bridgehead atoms. The number of benzene rings is 2. The molecule has 2 aromatic rings. The van der Waals surface area contributed by atoms with Gasteiger partial charge in [-0.1, -0.05) is 29.8 Å². The van der Waals surface area contributed by atoms with Crippen LogP contribution in [0.4, 0.5) is 5.69 Å². The van der Waals surface area contributed by atoms with Gasteiger partial charge in [0.15, 0.2) is 0 Å². The summed E-state index contributed by atoms with van der Waals surface area (Å²) in [4.78, 5) is 13.9. The van der Waals surface area contributed by atoms with Crippen molar-refractivity contribution in [2.75, 3.05) is 19.0 Å². The maximum Gasteiger partial charge on any atom is 0.315 e. The Morgan fingerprint density at radius 1 is 1.15 bits per heavy atom. The van der Waals surface area contributed by atoms with E-state index in [1.54, 1.807) is 24.3 Å². The first-order valence-electron chi connectivity index (χ1n) is 6.27. The third kappa shape index (κ3) is 4.00. The summed E-state index contributed by atoms with van der Waals surface area (Å²) in [5, 5.41) is 0.546. The van der Waals surface area contributed by atoms with Gasteiger partial charge >= 0.3 is 5.97 Å². The smallest absolute Gasteiger partial charge is 0.315 e. The fourth-order valence-corrected chi connectivity index (χ4v) is 1.99. The van der Waals surface area contributed by atoms with Gasteiger partial charge in [0.25, 0.3) is 0 Å². The fraction of sp³-hybridized carbons (Fsp3) is 0.188. The molecule has 20 heavy (non-hydrogen) atoms. The Morgan fingerprint density at radius 3 is 2.60 bits per heavy atom. The van der Waals surface area contributed by atoms with E-state index in [9.17, 15) is 4.79 Å². The van der Waals surface area contributed by atoms with Crippen molar-refractivity contribution in [3.8, 4) is 5.75 Å². The van der Waals surface area contributed by atoms with Crippen molar-refractivity contribution in [2.45, 2.75) is 6.42 Å². The Balaban J connectivity index is 2.03. The summed E-state index contributed by atoms with van der Waals surface area (Å²) in [5.74, 6) is 0.162. The summed E-state index contributed by atoms with van der Waals surface area (Å²) in [6, 6.07) is 14.6. The number of halogens is 1. The van der Waals surface area contributed by atoms with E-state index in [-0.39, 0.29) is 12.4 Å². The van der Waals surface area contributed by atoms with Gasteiger partial charge in [-0.05, 0) is 35.9 Å². The van der Waals surface area contributed by atoms with E-state index in [2.05, 4.69) is 0 Å². The minimum Gasteiger partial charge on any atom is -0.426 e. The first-order valence-corrected chi connectivity index (χ1v) is 6.65. The van der Waals surface area contributed by atoms with E-state index in [4.69, 9.17) is 16.3 Å². The third-order valence-corrected chi connectivity index (χ3v) is 3.04. The number of esters is 1. The van der Waals surface area contributed by atoms with Crippen molar-refractivity contribution in [1.29, 1.82) is 0 Å². The lowest BCUT2D eigenvalue weighted by Crippen LogP contribution is -2.12. The number of hydrogen-bond acceptors (Lipinski definition) is 3. The van der Waals surface area contributed by atoms with Gasteiger partial charge in [0, 0.05) is 24.8 Å². The van der Waals surface area contributed by atoms with E-state index in [0.717, 1.165) is 11.3 Å². The maximum absolute atomic E-state index is 11.9. The Kier molecular flexibility index (Phi) is 4.64. The van der Waals surface area contributed by atoms with Crippen LogP contribution in [0.3, 0.4) is 0 Å². The topological polar surface area (TPSA) is 29.5 Å². The lowest BCUT2D eigenvalue weighted by Gasteiger charge is -2.13. The highest BCUT2D eigenvalue weighted by Gasteiger charge is 2.08. The van der Waals surface area contributed by atoms with Crippen molar-refractivity contribution in [3.63, 3.8) is 0 Å². The normalized spacial score (nSPS) is 10.2. The van der Waals surface area contributed by atoms with Gasteiger partial charge in [-0.15, -0.1) is 0 Å². The molecule has 0 heterocycles. The number of hydrogen-bond donors (Lipinski definition) is 0. The Bertz CT molecular complexity index is 611. The average molecular weight is 290 g/mol. The van der Waals surface area contributed by atoms with Crippen LogP contribution in [0.15, 0.2) is 48.5 Å². The van der Waals surface area contributed by atoms with Crippen LogP contribution in [-0.4, -0.2) is 20.1 Å². The van der Waals surface area contributed by atoms with E-state index >= 15 is 0 Å². The molecule has 0 unspecified atom stereocenters. The quantitative estimate of drug-likeness (QED) is 0.637. The minimum atomic E-state index is -0.303. The highest BCUT2D eigenvalue weighted by atomic mass is 35.5. The molecule has 4 heteroatoms. The molecule has 0 aliphatic rings. The SMILES string of the molecule is CN(C)c1cccc(CC(=O)Oc2cccc(Cl)c2)c1. The molecule has 3 nitrogen and oxygen atoms in total. The lowest BCUT2D eigenvalue weighted by atomic mass is 10.1. The lowest BCUT2D eigenvalue weighted by molar-refractivity contribution is -0.133. The van der Waals surface area contributed by atoms with Crippen LogP contribution in [0.2, 0.25) is 5.02 Å². The van der Waals surface area contributed by atoms with Crippen LogP contribution in [-0.2, 0) is 11.2 Å². The minimum absolute atomic E-state index is 0.230. The molecule has 0 saturated heterocycles. The second-order valence-electron chi connectivity index (χ2n) is 4.67. The number of carbonyl (C=O) groups excluding carboxylic acids is 1. The van der Waals surface area contributed by atoms with Gasteiger partial charge < -0.3 is 9.64 Å². The van der Waals surface area contributed by atoms with Gasteiger partial charge in [-0.25, -0.2) is 0 Å². The number of anilines is 1. The Morgan fingerprint density at radius 2 is 1.90 bits per heavy atom. The van der Waals surface area contributed by atoms with Gasteiger partial charge in [0.05, 0.1) is 6.42 Å². The zero-order valence-electron chi connectivity index (χ0n) is 11.5. The van der Waals surface area contributed by atoms with Crippen molar-refractivity contribution in [3.05, 3.63) is 59.1 Å². The first-order chi connectivity index (χ1) is 9.54. The zero-order chi connectivity index (χ0) is 14.5. The van der Waals surface area contributed by atoms with Crippen molar-refractivity contribution < 1.29 is 9.53 Å². The molecular weight excluding hydrogens is 274 g/mol. The highest BCUT2D eigenvalue weighted by molar-refractivity contribution is 6.30. The van der Waals surface area contributed by atoms with Crippen LogP contribution in [0.25, 0.3) is 0 Å². The van der Waals surface area contributed by atoms with E-state index < -0.39 is 0 Å². The number of rotatable bonds is 4. The van der Waals surface area contributed by atoms with Crippen LogP contribution < -0.4 is 9.64 Å². The second kappa shape index (κ2) is 6.44. The van der Waals surface area contributed by atoms with Gasteiger partial charge in [-0.2, -0.15) is 0 Å². The predicted molar refractivity (Wildman–Crippen MR) is 81.6 cm³/mol. The van der Waals surface area contributed by atoms with Gasteiger partial charge in [-0.3, -0.25) is 4.79 Å². The molecule has 0 saturated carbocycles. The van der Waals surface area contributed by atoms with Crippen molar-refractivity contribution in [2.24, 2.45) is 0 Å². The van der Waals surface area contributed by atoms with Gasteiger partial charge in [0.2, 0.25) is 0 Å². The number of carbonyl (C=O) groups is 1. The van der Waals surface area contributed by atoms with Gasteiger partial charge in [0.1, 0.15) is 5.75 Å². The maximum atomic E-state index is 11.9. The molecule has 0 aromatic heterocycles. The van der Waals surface area contributed by atoms with Crippen LogP contribution in [0, 0.1) is 0 Å². The van der Waals surface area contributed by atoms with E-state index in [0.29, 0.717) is 10.8 Å². The third-order valence-electron chi connectivity index (χ3n) is 2.80. The Hall–Kier alpha value is -2.00. The molecule has 0 radical (unpaired) electrons. The highest BCUT2D eigenvalue weighted by Crippen LogP contribution is 2.18. The van der Waals surface area contributed by atoms with Crippen LogP contribution in [0.5, 0.6) is 5.75 Å². The first kappa shape index (κ1) is 14.4. The average Bonchev–Trinajstić information content (AvgIpc) is 2.38. The number of nitrogens with zero attached hydrogens (tertiary/aromatic N) is 1. The molecular formula is C16H16ClNO2. The predicted octanol–water partition coefficient (Wildman–Crippen LogP) is 3.55. The molecule has 0 spiro atoms. The molecule has 104 valence electrons. The Labute approximate surface area is 123 Å². The van der Waals surface area contributed by atoms with Crippen molar-refractivity contribution >= 4 is 23.3 Å². The van der Waals surface area contributed by atoms with Crippen LogP contribution >= 0.6 is 11.6 Å². The standard InChI is InChI=1S/C16H16ClNO2/c1-18(2)14-7-3-5-12(9-14)10-16(19)20-15-8-4-6-13(17)11-15/h3-9,11H,10H2,1-2H3.